The van der Waals surface area contributed by atoms with Crippen molar-refractivity contribution < 1.29 is 9.21 Å². The second-order valence-electron chi connectivity index (χ2n) is 4.30. The molecular formula is C12H16BrNO2. The minimum Gasteiger partial charge on any atom is -0.444 e. The first-order chi connectivity index (χ1) is 7.63. The summed E-state index contributed by atoms with van der Waals surface area (Å²) in [5.41, 5.74) is 0. The number of amides is 1. The molecule has 3 nitrogen and oxygen atoms in total. The number of halogens is 1. The first-order valence-electron chi connectivity index (χ1n) is 5.71. The zero-order chi connectivity index (χ0) is 11.7. The van der Waals surface area contributed by atoms with Crippen molar-refractivity contribution in [2.24, 2.45) is 0 Å². The van der Waals surface area contributed by atoms with Crippen LogP contribution in [0.25, 0.3) is 0 Å². The van der Waals surface area contributed by atoms with Crippen LogP contribution in [0, 0.1) is 0 Å². The van der Waals surface area contributed by atoms with Crippen LogP contribution in [0.2, 0.25) is 0 Å². The fourth-order valence-corrected chi connectivity index (χ4v) is 2.70. The Labute approximate surface area is 104 Å². The fraction of sp³-hybridized carbons (Fsp3) is 0.583. The Balaban J connectivity index is 2.20. The number of carbonyl (C=O) groups excluding carboxylic acids is 1. The van der Waals surface area contributed by atoms with Gasteiger partial charge in [-0.3, -0.25) is 4.79 Å². The van der Waals surface area contributed by atoms with E-state index in [1.807, 2.05) is 4.90 Å². The molecule has 1 saturated heterocycles. The maximum atomic E-state index is 12.3. The van der Waals surface area contributed by atoms with Crippen molar-refractivity contribution in [3.63, 3.8) is 0 Å². The molecule has 2 unspecified atom stereocenters. The molecule has 2 heterocycles. The summed E-state index contributed by atoms with van der Waals surface area (Å²) in [6.45, 7) is 4.23. The van der Waals surface area contributed by atoms with Crippen molar-refractivity contribution in [3.8, 4) is 0 Å². The molecular weight excluding hydrogens is 270 g/mol. The lowest BCUT2D eigenvalue weighted by molar-refractivity contribution is 0.0642. The summed E-state index contributed by atoms with van der Waals surface area (Å²) in [5, 5.41) is 0. The predicted octanol–water partition coefficient (Wildman–Crippen LogP) is 3.45. The number of rotatable bonds is 2. The quantitative estimate of drug-likeness (QED) is 0.834. The van der Waals surface area contributed by atoms with Crippen LogP contribution in [0.4, 0.5) is 0 Å². The number of hydrogen-bond acceptors (Lipinski definition) is 2. The Kier molecular flexibility index (Phi) is 3.38. The van der Waals surface area contributed by atoms with Crippen LogP contribution < -0.4 is 0 Å². The molecule has 0 radical (unpaired) electrons. The second-order valence-corrected chi connectivity index (χ2v) is 5.09. The van der Waals surface area contributed by atoms with Crippen LogP contribution >= 0.6 is 15.9 Å². The smallest absolute Gasteiger partial charge is 0.290 e. The summed E-state index contributed by atoms with van der Waals surface area (Å²) in [6, 6.07) is 4.17. The van der Waals surface area contributed by atoms with Crippen molar-refractivity contribution in [1.82, 2.24) is 4.90 Å². The van der Waals surface area contributed by atoms with Crippen LogP contribution in [-0.2, 0) is 0 Å². The van der Waals surface area contributed by atoms with Crippen molar-refractivity contribution in [2.75, 3.05) is 0 Å². The van der Waals surface area contributed by atoms with Crippen molar-refractivity contribution in [2.45, 2.75) is 45.2 Å². The number of nitrogens with zero attached hydrogens (tertiary/aromatic N) is 1. The highest BCUT2D eigenvalue weighted by Crippen LogP contribution is 2.28. The molecule has 0 spiro atoms. The van der Waals surface area contributed by atoms with E-state index in [4.69, 9.17) is 4.42 Å². The first-order valence-corrected chi connectivity index (χ1v) is 6.50. The Morgan fingerprint density at radius 1 is 1.56 bits per heavy atom. The van der Waals surface area contributed by atoms with Crippen LogP contribution in [0.15, 0.2) is 21.2 Å². The molecule has 1 aliphatic rings. The van der Waals surface area contributed by atoms with E-state index in [1.54, 1.807) is 12.1 Å². The molecule has 0 saturated carbocycles. The Morgan fingerprint density at radius 3 is 2.88 bits per heavy atom. The third-order valence-corrected chi connectivity index (χ3v) is 3.70. The molecule has 0 aromatic carbocycles. The van der Waals surface area contributed by atoms with E-state index in [2.05, 4.69) is 29.8 Å². The molecule has 0 bridgehead atoms. The highest BCUT2D eigenvalue weighted by Gasteiger charge is 2.34. The number of likely N-dealkylation sites (tertiary alicyclic amines) is 1. The van der Waals surface area contributed by atoms with Gasteiger partial charge in [0.1, 0.15) is 0 Å². The Bertz CT molecular complexity index is 388. The van der Waals surface area contributed by atoms with Gasteiger partial charge >= 0.3 is 0 Å². The first kappa shape index (κ1) is 11.7. The minimum atomic E-state index is 0.0163. The zero-order valence-corrected chi connectivity index (χ0v) is 11.2. The molecule has 1 aromatic heterocycles. The van der Waals surface area contributed by atoms with Gasteiger partial charge in [0, 0.05) is 12.1 Å². The molecule has 0 aliphatic carbocycles. The summed E-state index contributed by atoms with van der Waals surface area (Å²) in [6.07, 6.45) is 3.20. The number of hydrogen-bond donors (Lipinski definition) is 0. The lowest BCUT2D eigenvalue weighted by Gasteiger charge is -2.26. The topological polar surface area (TPSA) is 33.5 Å². The van der Waals surface area contributed by atoms with E-state index >= 15 is 0 Å². The van der Waals surface area contributed by atoms with Crippen LogP contribution in [0.3, 0.4) is 0 Å². The van der Waals surface area contributed by atoms with E-state index in [9.17, 15) is 4.79 Å². The summed E-state index contributed by atoms with van der Waals surface area (Å²) < 4.78 is 5.93. The zero-order valence-electron chi connectivity index (χ0n) is 9.57. The molecule has 2 atom stereocenters. The van der Waals surface area contributed by atoms with E-state index in [0.29, 0.717) is 22.5 Å². The van der Waals surface area contributed by atoms with Gasteiger partial charge in [0.2, 0.25) is 0 Å². The van der Waals surface area contributed by atoms with Gasteiger partial charge in [0.25, 0.3) is 5.91 Å². The average Bonchev–Trinajstić information content (AvgIpc) is 2.83. The Hall–Kier alpha value is -0.770. The summed E-state index contributed by atoms with van der Waals surface area (Å²) in [5.74, 6) is 0.446. The molecule has 16 heavy (non-hydrogen) atoms. The van der Waals surface area contributed by atoms with Gasteiger partial charge in [0.15, 0.2) is 10.4 Å². The lowest BCUT2D eigenvalue weighted by atomic mass is 10.1. The fourth-order valence-electron chi connectivity index (χ4n) is 2.39. The molecule has 4 heteroatoms. The summed E-state index contributed by atoms with van der Waals surface area (Å²) in [4.78, 5) is 14.2. The van der Waals surface area contributed by atoms with Gasteiger partial charge in [-0.1, -0.05) is 6.92 Å². The SMILES string of the molecule is CCC1CCC(C)N1C(=O)c1ccc(Br)o1. The van der Waals surface area contributed by atoms with Gasteiger partial charge in [0.05, 0.1) is 0 Å². The molecule has 2 rings (SSSR count). The van der Waals surface area contributed by atoms with E-state index in [0.717, 1.165) is 19.3 Å². The average molecular weight is 286 g/mol. The predicted molar refractivity (Wildman–Crippen MR) is 65.4 cm³/mol. The largest absolute Gasteiger partial charge is 0.444 e. The molecule has 1 fully saturated rings. The molecule has 0 N–H and O–H groups in total. The lowest BCUT2D eigenvalue weighted by Crippen LogP contribution is -2.39. The number of carbonyl (C=O) groups is 1. The highest BCUT2D eigenvalue weighted by atomic mass is 79.9. The van der Waals surface area contributed by atoms with Gasteiger partial charge in [-0.15, -0.1) is 0 Å². The number of furan rings is 1. The monoisotopic (exact) mass is 285 g/mol. The van der Waals surface area contributed by atoms with Gasteiger partial charge < -0.3 is 9.32 Å². The van der Waals surface area contributed by atoms with E-state index in [1.165, 1.54) is 0 Å². The normalized spacial score (nSPS) is 25.1. The van der Waals surface area contributed by atoms with E-state index in [-0.39, 0.29) is 5.91 Å². The molecule has 1 amide bonds. The van der Waals surface area contributed by atoms with Crippen LogP contribution in [-0.4, -0.2) is 22.9 Å². The van der Waals surface area contributed by atoms with Crippen molar-refractivity contribution in [3.05, 3.63) is 22.6 Å². The van der Waals surface area contributed by atoms with Gasteiger partial charge in [-0.05, 0) is 54.2 Å². The molecule has 1 aromatic rings. The molecule has 1 aliphatic heterocycles. The van der Waals surface area contributed by atoms with Crippen molar-refractivity contribution in [1.29, 1.82) is 0 Å². The van der Waals surface area contributed by atoms with Crippen LogP contribution in [0.5, 0.6) is 0 Å². The Morgan fingerprint density at radius 2 is 2.31 bits per heavy atom. The maximum Gasteiger partial charge on any atom is 0.290 e. The van der Waals surface area contributed by atoms with Gasteiger partial charge in [-0.25, -0.2) is 0 Å². The maximum absolute atomic E-state index is 12.3. The van der Waals surface area contributed by atoms with Gasteiger partial charge in [-0.2, -0.15) is 0 Å². The van der Waals surface area contributed by atoms with E-state index < -0.39 is 0 Å². The standard InChI is InChI=1S/C12H16BrNO2/c1-3-9-5-4-8(2)14(9)12(15)10-6-7-11(13)16-10/h6-9H,3-5H2,1-2H3. The second kappa shape index (κ2) is 4.62. The summed E-state index contributed by atoms with van der Waals surface area (Å²) >= 11 is 3.22. The molecule has 88 valence electrons. The van der Waals surface area contributed by atoms with Crippen LogP contribution in [0.1, 0.15) is 43.7 Å². The van der Waals surface area contributed by atoms with Crippen molar-refractivity contribution >= 4 is 21.8 Å². The summed E-state index contributed by atoms with van der Waals surface area (Å²) in [7, 11) is 0. The third kappa shape index (κ3) is 2.03. The third-order valence-electron chi connectivity index (χ3n) is 3.28. The highest BCUT2D eigenvalue weighted by molar-refractivity contribution is 9.10. The minimum absolute atomic E-state index is 0.0163.